The van der Waals surface area contributed by atoms with Crippen LogP contribution in [-0.2, 0) is 4.79 Å². The molecule has 0 bridgehead atoms. The molecule has 1 saturated heterocycles. The van der Waals surface area contributed by atoms with Gasteiger partial charge < -0.3 is 15.5 Å². The van der Waals surface area contributed by atoms with Crippen LogP contribution in [0.1, 0.15) is 25.5 Å². The lowest BCUT2D eigenvalue weighted by molar-refractivity contribution is -0.138. The van der Waals surface area contributed by atoms with Gasteiger partial charge in [-0.25, -0.2) is 0 Å². The molecule has 1 aliphatic rings. The molecule has 0 aliphatic carbocycles. The van der Waals surface area contributed by atoms with Gasteiger partial charge in [0.05, 0.1) is 0 Å². The van der Waals surface area contributed by atoms with Crippen LogP contribution >= 0.6 is 24.8 Å². The average Bonchev–Trinajstić information content (AvgIpc) is 2.57. The lowest BCUT2D eigenvalue weighted by atomic mass is 9.92. The predicted octanol–water partition coefficient (Wildman–Crippen LogP) is 2.26. The second kappa shape index (κ2) is 11.1. The molecule has 1 unspecified atom stereocenters. The third kappa shape index (κ3) is 6.71. The van der Waals surface area contributed by atoms with E-state index in [1.54, 1.807) is 0 Å². The van der Waals surface area contributed by atoms with E-state index in [0.717, 1.165) is 31.7 Å². The largest absolute Gasteiger partial charge is 0.344 e. The second-order valence-electron chi connectivity index (χ2n) is 7.72. The smallest absolute Gasteiger partial charge is 0.244 e. The Morgan fingerprint density at radius 1 is 1.15 bits per heavy atom. The van der Waals surface area contributed by atoms with Gasteiger partial charge in [-0.2, -0.15) is 0 Å². The molecule has 2 N–H and O–H groups in total. The lowest BCUT2D eigenvalue weighted by Gasteiger charge is -2.40. The lowest BCUT2D eigenvalue weighted by Crippen LogP contribution is -2.51. The third-order valence-electron chi connectivity index (χ3n) is 4.85. The van der Waals surface area contributed by atoms with Crippen molar-refractivity contribution in [1.29, 1.82) is 0 Å². The number of amides is 1. The predicted molar refractivity (Wildman–Crippen MR) is 113 cm³/mol. The maximum atomic E-state index is 13.2. The van der Waals surface area contributed by atoms with Crippen LogP contribution < -0.4 is 5.73 Å². The van der Waals surface area contributed by atoms with Gasteiger partial charge in [-0.15, -0.1) is 24.8 Å². The van der Waals surface area contributed by atoms with Crippen molar-refractivity contribution in [2.24, 2.45) is 11.1 Å². The number of carbonyl (C=O) groups is 1. The summed E-state index contributed by atoms with van der Waals surface area (Å²) in [6.45, 7) is 9.25. The summed E-state index contributed by atoms with van der Waals surface area (Å²) in [6.07, 6.45) is 0. The number of nitrogens with two attached hydrogens (primary N) is 1. The molecule has 1 fully saturated rings. The molecule has 1 heterocycles. The van der Waals surface area contributed by atoms with Crippen LogP contribution in [-0.4, -0.2) is 74.0 Å². The Morgan fingerprint density at radius 2 is 1.69 bits per heavy atom. The van der Waals surface area contributed by atoms with Crippen LogP contribution in [0, 0.1) is 5.41 Å². The summed E-state index contributed by atoms with van der Waals surface area (Å²) in [5.41, 5.74) is 6.84. The van der Waals surface area contributed by atoms with Crippen molar-refractivity contribution >= 4 is 30.7 Å². The number of hydrogen-bond acceptors (Lipinski definition) is 4. The number of benzene rings is 1. The van der Waals surface area contributed by atoms with Gasteiger partial charge in [0.2, 0.25) is 5.91 Å². The van der Waals surface area contributed by atoms with Crippen molar-refractivity contribution in [2.45, 2.75) is 19.9 Å². The fraction of sp³-hybridized carbons (Fsp3) is 0.632. The molecule has 1 atom stereocenters. The van der Waals surface area contributed by atoms with Crippen LogP contribution in [0.5, 0.6) is 0 Å². The van der Waals surface area contributed by atoms with Crippen molar-refractivity contribution in [3.05, 3.63) is 35.9 Å². The highest BCUT2D eigenvalue weighted by Crippen LogP contribution is 2.25. The topological polar surface area (TPSA) is 52.8 Å². The zero-order valence-corrected chi connectivity index (χ0v) is 18.0. The minimum atomic E-state index is -0.210. The molecule has 1 aliphatic heterocycles. The van der Waals surface area contributed by atoms with Crippen molar-refractivity contribution in [1.82, 2.24) is 14.7 Å². The summed E-state index contributed by atoms with van der Waals surface area (Å²) in [7, 11) is 4.03. The molecule has 0 aromatic heterocycles. The summed E-state index contributed by atoms with van der Waals surface area (Å²) in [5.74, 6) is 0.160. The quantitative estimate of drug-likeness (QED) is 0.789. The van der Waals surface area contributed by atoms with E-state index >= 15 is 0 Å². The van der Waals surface area contributed by atoms with Gasteiger partial charge in [-0.3, -0.25) is 9.69 Å². The van der Waals surface area contributed by atoms with Crippen molar-refractivity contribution in [3.63, 3.8) is 0 Å². The fourth-order valence-electron chi connectivity index (χ4n) is 3.22. The number of piperazine rings is 1. The Balaban J connectivity index is 0.00000312. The first-order valence-electron chi connectivity index (χ1n) is 8.76. The van der Waals surface area contributed by atoms with Crippen LogP contribution in [0.25, 0.3) is 0 Å². The average molecular weight is 405 g/mol. The maximum absolute atomic E-state index is 13.2. The summed E-state index contributed by atoms with van der Waals surface area (Å²) in [6, 6.07) is 9.92. The van der Waals surface area contributed by atoms with Crippen LogP contribution in [0.2, 0.25) is 0 Å². The molecule has 1 amide bonds. The van der Waals surface area contributed by atoms with E-state index in [-0.39, 0.29) is 42.2 Å². The minimum Gasteiger partial charge on any atom is -0.344 e. The summed E-state index contributed by atoms with van der Waals surface area (Å²) in [5, 5.41) is 0. The Kier molecular flexibility index (Phi) is 10.7. The van der Waals surface area contributed by atoms with Gasteiger partial charge in [0.15, 0.2) is 0 Å². The summed E-state index contributed by atoms with van der Waals surface area (Å²) >= 11 is 0. The zero-order valence-electron chi connectivity index (χ0n) is 16.4. The zero-order chi connectivity index (χ0) is 17.7. The van der Waals surface area contributed by atoms with E-state index in [4.69, 9.17) is 5.73 Å². The molecule has 0 spiro atoms. The third-order valence-corrected chi connectivity index (χ3v) is 4.85. The minimum absolute atomic E-state index is 0. The molecular weight excluding hydrogens is 371 g/mol. The van der Waals surface area contributed by atoms with E-state index in [9.17, 15) is 4.79 Å². The highest BCUT2D eigenvalue weighted by molar-refractivity contribution is 5.85. The molecule has 1 aromatic carbocycles. The van der Waals surface area contributed by atoms with Gasteiger partial charge in [-0.1, -0.05) is 44.2 Å². The van der Waals surface area contributed by atoms with Crippen LogP contribution in [0.15, 0.2) is 30.3 Å². The number of hydrogen-bond donors (Lipinski definition) is 1. The molecule has 0 radical (unpaired) electrons. The van der Waals surface area contributed by atoms with E-state index < -0.39 is 0 Å². The molecule has 1 aromatic rings. The molecule has 150 valence electrons. The first kappa shape index (κ1) is 25.1. The summed E-state index contributed by atoms with van der Waals surface area (Å²) < 4.78 is 0. The molecule has 0 saturated carbocycles. The van der Waals surface area contributed by atoms with Gasteiger partial charge >= 0.3 is 0 Å². The normalized spacial score (nSPS) is 17.0. The Labute approximate surface area is 170 Å². The molecule has 7 heteroatoms. The number of carbonyl (C=O) groups excluding carboxylic acids is 1. The Bertz CT molecular complexity index is 534. The van der Waals surface area contributed by atoms with E-state index in [0.29, 0.717) is 13.1 Å². The van der Waals surface area contributed by atoms with Crippen molar-refractivity contribution < 1.29 is 4.79 Å². The maximum Gasteiger partial charge on any atom is 0.244 e. The number of halogens is 2. The van der Waals surface area contributed by atoms with Crippen molar-refractivity contribution in [2.75, 3.05) is 53.4 Å². The first-order valence-corrected chi connectivity index (χ1v) is 8.76. The highest BCUT2D eigenvalue weighted by Gasteiger charge is 2.33. The SMILES string of the molecule is CN1CCN(C(C(=O)N(C)CC(C)(C)CN)c2ccccc2)CC1.Cl.Cl. The Morgan fingerprint density at radius 3 is 2.19 bits per heavy atom. The molecular formula is C19H34Cl2N4O. The first-order chi connectivity index (χ1) is 11.3. The van der Waals surface area contributed by atoms with Gasteiger partial charge in [0.1, 0.15) is 6.04 Å². The van der Waals surface area contributed by atoms with Gasteiger partial charge in [-0.05, 0) is 24.6 Å². The second-order valence-corrected chi connectivity index (χ2v) is 7.72. The highest BCUT2D eigenvalue weighted by atomic mass is 35.5. The standard InChI is InChI=1S/C19H32N4O.2ClH/c1-19(2,14-20)15-22(4)18(24)17(16-8-6-5-7-9-16)23-12-10-21(3)11-13-23;;/h5-9,17H,10-15,20H2,1-4H3;2*1H. The Hall–Kier alpha value is -0.850. The monoisotopic (exact) mass is 404 g/mol. The molecule has 5 nitrogen and oxygen atoms in total. The number of rotatable bonds is 6. The van der Waals surface area contributed by atoms with E-state index in [2.05, 4.69) is 42.8 Å². The van der Waals surface area contributed by atoms with E-state index in [1.807, 2.05) is 30.1 Å². The van der Waals surface area contributed by atoms with Gasteiger partial charge in [0, 0.05) is 39.8 Å². The van der Waals surface area contributed by atoms with Gasteiger partial charge in [0.25, 0.3) is 0 Å². The number of likely N-dealkylation sites (N-methyl/N-ethyl adjacent to an activating group) is 2. The summed E-state index contributed by atoms with van der Waals surface area (Å²) in [4.78, 5) is 19.7. The van der Waals surface area contributed by atoms with Crippen molar-refractivity contribution in [3.8, 4) is 0 Å². The van der Waals surface area contributed by atoms with Crippen LogP contribution in [0.3, 0.4) is 0 Å². The van der Waals surface area contributed by atoms with Crippen LogP contribution in [0.4, 0.5) is 0 Å². The molecule has 2 rings (SSSR count). The molecule has 26 heavy (non-hydrogen) atoms. The van der Waals surface area contributed by atoms with E-state index in [1.165, 1.54) is 0 Å². The fourth-order valence-corrected chi connectivity index (χ4v) is 3.22. The number of nitrogens with zero attached hydrogens (tertiary/aromatic N) is 3.